The van der Waals surface area contributed by atoms with Gasteiger partial charge in [0, 0.05) is 11.8 Å². The van der Waals surface area contributed by atoms with Gasteiger partial charge in [-0.1, -0.05) is 25.5 Å². The van der Waals surface area contributed by atoms with Crippen LogP contribution in [0.25, 0.3) is 0 Å². The lowest BCUT2D eigenvalue weighted by Crippen LogP contribution is -2.25. The minimum Gasteiger partial charge on any atom is -0.465 e. The van der Waals surface area contributed by atoms with E-state index in [0.29, 0.717) is 18.7 Å². The molecule has 0 spiro atoms. The van der Waals surface area contributed by atoms with Gasteiger partial charge in [0.25, 0.3) is 5.69 Å². The summed E-state index contributed by atoms with van der Waals surface area (Å²) in [6.07, 6.45) is 1.43. The molecule has 0 aliphatic heterocycles. The minimum absolute atomic E-state index is 0.0674. The van der Waals surface area contributed by atoms with Gasteiger partial charge in [0.2, 0.25) is 0 Å². The van der Waals surface area contributed by atoms with E-state index < -0.39 is 10.8 Å². The number of carbonyl (C=O) groups is 1. The molecule has 0 unspecified atom stereocenters. The van der Waals surface area contributed by atoms with Crippen LogP contribution in [0.1, 0.15) is 33.6 Å². The summed E-state index contributed by atoms with van der Waals surface area (Å²) >= 11 is 0. The molecule has 0 heterocycles. The van der Waals surface area contributed by atoms with Crippen molar-refractivity contribution in [1.29, 1.82) is 0 Å². The van der Waals surface area contributed by atoms with Crippen molar-refractivity contribution in [2.24, 2.45) is 11.0 Å². The normalized spacial score (nSPS) is 12.6. The van der Waals surface area contributed by atoms with E-state index in [-0.39, 0.29) is 17.3 Å². The molecule has 0 saturated carbocycles. The maximum absolute atomic E-state index is 11.9. The second-order valence-corrected chi connectivity index (χ2v) is 4.73. The number of esters is 1. The van der Waals surface area contributed by atoms with Gasteiger partial charge in [-0.2, -0.15) is 5.10 Å². The molecule has 120 valence electrons. The summed E-state index contributed by atoms with van der Waals surface area (Å²) in [5, 5.41) is 15.1. The number of nitro groups is 1. The molecule has 7 nitrogen and oxygen atoms in total. The Hall–Kier alpha value is -2.44. The van der Waals surface area contributed by atoms with Crippen molar-refractivity contribution < 1.29 is 14.5 Å². The van der Waals surface area contributed by atoms with Crippen LogP contribution in [0.5, 0.6) is 0 Å². The number of hydrogen-bond donors (Lipinski definition) is 1. The predicted octanol–water partition coefficient (Wildman–Crippen LogP) is 3.36. The number of carbonyl (C=O) groups excluding carboxylic acids is 1. The average molecular weight is 307 g/mol. The van der Waals surface area contributed by atoms with Crippen LogP contribution in [0.15, 0.2) is 29.4 Å². The molecule has 1 aromatic rings. The summed E-state index contributed by atoms with van der Waals surface area (Å²) in [6, 6.07) is 6.21. The maximum Gasteiger partial charge on any atom is 0.314 e. The number of nitrogens with zero attached hydrogens (tertiary/aromatic N) is 2. The Labute approximate surface area is 129 Å². The van der Waals surface area contributed by atoms with Crippen LogP contribution in [0, 0.1) is 16.0 Å². The van der Waals surface area contributed by atoms with Crippen LogP contribution < -0.4 is 5.43 Å². The molecular weight excluding hydrogens is 286 g/mol. The molecular formula is C15H21N3O4. The molecule has 0 bridgehead atoms. The van der Waals surface area contributed by atoms with E-state index in [2.05, 4.69) is 10.5 Å². The van der Waals surface area contributed by atoms with Gasteiger partial charge >= 0.3 is 5.97 Å². The van der Waals surface area contributed by atoms with Crippen LogP contribution in [0.3, 0.4) is 0 Å². The van der Waals surface area contributed by atoms with Gasteiger partial charge in [0.05, 0.1) is 17.4 Å². The van der Waals surface area contributed by atoms with Crippen molar-refractivity contribution in [3.05, 3.63) is 34.4 Å². The molecule has 0 saturated heterocycles. The van der Waals surface area contributed by atoms with Gasteiger partial charge in [-0.3, -0.25) is 20.3 Å². The highest BCUT2D eigenvalue weighted by Crippen LogP contribution is 2.23. The minimum atomic E-state index is -0.484. The Morgan fingerprint density at radius 3 is 2.68 bits per heavy atom. The highest BCUT2D eigenvalue weighted by atomic mass is 16.6. The first kappa shape index (κ1) is 17.6. The zero-order valence-corrected chi connectivity index (χ0v) is 13.0. The van der Waals surface area contributed by atoms with Crippen LogP contribution in [-0.2, 0) is 9.53 Å². The highest BCUT2D eigenvalue weighted by molar-refractivity contribution is 6.01. The van der Waals surface area contributed by atoms with E-state index in [0.717, 1.165) is 6.42 Å². The van der Waals surface area contributed by atoms with Crippen LogP contribution in [-0.4, -0.2) is 23.2 Å². The standard InChI is InChI=1S/C15H21N3O4/c1-4-8-12(15(19)22-5-2)11(3)16-17-13-9-6-7-10-14(13)18(20)21/h6-7,9-10,12,17H,4-5,8H2,1-3H3/t12-/m0/s1. The molecule has 0 aliphatic rings. The molecule has 1 atom stereocenters. The monoisotopic (exact) mass is 307 g/mol. The number of hydrogen-bond acceptors (Lipinski definition) is 6. The Morgan fingerprint density at radius 1 is 1.41 bits per heavy atom. The smallest absolute Gasteiger partial charge is 0.314 e. The molecule has 0 fully saturated rings. The van der Waals surface area contributed by atoms with Crippen molar-refractivity contribution in [1.82, 2.24) is 0 Å². The fourth-order valence-corrected chi connectivity index (χ4v) is 1.98. The second kappa shape index (κ2) is 8.76. The number of ether oxygens (including phenoxy) is 1. The van der Waals surface area contributed by atoms with Gasteiger partial charge < -0.3 is 4.74 Å². The van der Waals surface area contributed by atoms with Crippen LogP contribution in [0.4, 0.5) is 11.4 Å². The van der Waals surface area contributed by atoms with Gasteiger partial charge in [0.15, 0.2) is 0 Å². The maximum atomic E-state index is 11.9. The number of hydrazone groups is 1. The third-order valence-electron chi connectivity index (χ3n) is 3.11. The number of para-hydroxylation sites is 2. The van der Waals surface area contributed by atoms with Crippen LogP contribution in [0.2, 0.25) is 0 Å². The molecule has 22 heavy (non-hydrogen) atoms. The van der Waals surface area contributed by atoms with Crippen molar-refractivity contribution in [3.63, 3.8) is 0 Å². The molecule has 0 aliphatic carbocycles. The quantitative estimate of drug-likeness (QED) is 0.344. The lowest BCUT2D eigenvalue weighted by molar-refractivity contribution is -0.384. The molecule has 0 radical (unpaired) electrons. The topological polar surface area (TPSA) is 93.8 Å². The zero-order valence-electron chi connectivity index (χ0n) is 13.0. The molecule has 0 aromatic heterocycles. The first-order chi connectivity index (χ1) is 10.5. The Morgan fingerprint density at radius 2 is 2.09 bits per heavy atom. The van der Waals surface area contributed by atoms with E-state index in [4.69, 9.17) is 4.74 Å². The Kier molecular flexibility index (Phi) is 7.01. The zero-order chi connectivity index (χ0) is 16.5. The van der Waals surface area contributed by atoms with Crippen molar-refractivity contribution in [3.8, 4) is 0 Å². The van der Waals surface area contributed by atoms with Gasteiger partial charge in [-0.05, 0) is 26.3 Å². The van der Waals surface area contributed by atoms with Gasteiger partial charge in [-0.15, -0.1) is 0 Å². The number of nitro benzene ring substituents is 1. The highest BCUT2D eigenvalue weighted by Gasteiger charge is 2.22. The lowest BCUT2D eigenvalue weighted by Gasteiger charge is -2.14. The van der Waals surface area contributed by atoms with Crippen LogP contribution >= 0.6 is 0 Å². The van der Waals surface area contributed by atoms with Gasteiger partial charge in [-0.25, -0.2) is 0 Å². The van der Waals surface area contributed by atoms with E-state index in [1.165, 1.54) is 6.07 Å². The predicted molar refractivity (Wildman–Crippen MR) is 84.9 cm³/mol. The summed E-state index contributed by atoms with van der Waals surface area (Å²) < 4.78 is 5.04. The number of rotatable bonds is 8. The number of anilines is 1. The summed E-state index contributed by atoms with van der Waals surface area (Å²) in [6.45, 7) is 5.73. The third kappa shape index (κ3) is 4.83. The molecule has 1 rings (SSSR count). The van der Waals surface area contributed by atoms with E-state index in [1.807, 2.05) is 6.92 Å². The molecule has 0 amide bonds. The molecule has 1 N–H and O–H groups in total. The summed E-state index contributed by atoms with van der Waals surface area (Å²) in [4.78, 5) is 22.4. The fraction of sp³-hybridized carbons (Fsp3) is 0.467. The van der Waals surface area contributed by atoms with Crippen molar-refractivity contribution in [2.75, 3.05) is 12.0 Å². The average Bonchev–Trinajstić information content (AvgIpc) is 2.50. The Balaban J connectivity index is 2.91. The fourth-order valence-electron chi connectivity index (χ4n) is 1.98. The SMILES string of the molecule is CCC[C@H](C(=O)OCC)C(C)=NNc1ccccc1[N+](=O)[O-]. The number of benzene rings is 1. The molecule has 7 heteroatoms. The summed E-state index contributed by atoms with van der Waals surface area (Å²) in [7, 11) is 0. The largest absolute Gasteiger partial charge is 0.465 e. The van der Waals surface area contributed by atoms with Crippen molar-refractivity contribution >= 4 is 23.1 Å². The summed E-state index contributed by atoms with van der Waals surface area (Å²) in [5.74, 6) is -0.768. The Bertz CT molecular complexity index is 557. The number of nitrogens with one attached hydrogen (secondary N) is 1. The van der Waals surface area contributed by atoms with Gasteiger partial charge in [0.1, 0.15) is 5.69 Å². The van der Waals surface area contributed by atoms with E-state index >= 15 is 0 Å². The third-order valence-corrected chi connectivity index (χ3v) is 3.11. The summed E-state index contributed by atoms with van der Waals surface area (Å²) in [5.41, 5.74) is 3.42. The lowest BCUT2D eigenvalue weighted by atomic mass is 9.99. The van der Waals surface area contributed by atoms with E-state index in [9.17, 15) is 14.9 Å². The van der Waals surface area contributed by atoms with Crippen molar-refractivity contribution in [2.45, 2.75) is 33.6 Å². The van der Waals surface area contributed by atoms with E-state index in [1.54, 1.807) is 32.0 Å². The first-order valence-electron chi connectivity index (χ1n) is 7.21. The first-order valence-corrected chi connectivity index (χ1v) is 7.21. The molecule has 1 aromatic carbocycles. The second-order valence-electron chi connectivity index (χ2n) is 4.73.